The minimum absolute atomic E-state index is 0.00146. The average molecular weight is 939 g/mol. The van der Waals surface area contributed by atoms with Gasteiger partial charge in [0.1, 0.15) is 11.2 Å². The fourth-order valence-electron chi connectivity index (χ4n) is 12.9. The maximum Gasteiger partial charge on any atom is 0.375 e. The van der Waals surface area contributed by atoms with E-state index in [0.29, 0.717) is 6.54 Å². The van der Waals surface area contributed by atoms with Gasteiger partial charge in [-0.05, 0) is 173 Å². The van der Waals surface area contributed by atoms with Crippen LogP contribution in [-0.4, -0.2) is 6.85 Å². The SMILES string of the molecule is CC(C)(C)c1ccc(CN2c3cc(C(C)(C)C)cc4c3B(c3oc5cc6c(cc5c32)C(C)(C)CCC6(C)C)N(c2ccc3c(c2)C(C)(C)CCC3(C)C)c2ccc(C(C)(C)C)cc2-4)c(-c2ccccc2)c1. The molecule has 0 amide bonds. The highest BCUT2D eigenvalue weighted by atomic mass is 16.3. The third-order valence-electron chi connectivity index (χ3n) is 17.9. The molecule has 4 aliphatic rings. The standard InChI is InChI=1S/C67H79BN2O/c1-61(2,3)43-24-23-42(47(33-43)41-21-19-18-20-22-41)40-69-56-36-45(63(7,8)9)35-49-48-34-44(62(4,5)6)25-28-55(48)70(46-26-27-51-52(37-46)65(12,13)30-29-64(51,10)11)68(58(49)56)60-59(69)50-38-53-54(39-57(50)71-60)67(16,17)32-31-66(53,14)15/h18-28,33-39H,29-32,40H2,1-17H3. The lowest BCUT2D eigenvalue weighted by atomic mass is 9.45. The number of anilines is 4. The van der Waals surface area contributed by atoms with Gasteiger partial charge in [0.05, 0.1) is 5.69 Å². The van der Waals surface area contributed by atoms with Crippen molar-refractivity contribution in [1.82, 2.24) is 0 Å². The lowest BCUT2D eigenvalue weighted by molar-refractivity contribution is 0.332. The molecule has 0 radical (unpaired) electrons. The Morgan fingerprint density at radius 1 is 0.493 bits per heavy atom. The van der Waals surface area contributed by atoms with Gasteiger partial charge >= 0.3 is 6.85 Å². The molecule has 0 bridgehead atoms. The second-order valence-corrected chi connectivity index (χ2v) is 28.0. The lowest BCUT2D eigenvalue weighted by Gasteiger charge is -2.46. The van der Waals surface area contributed by atoms with Gasteiger partial charge in [0.25, 0.3) is 0 Å². The van der Waals surface area contributed by atoms with Gasteiger partial charge in [-0.15, -0.1) is 0 Å². The van der Waals surface area contributed by atoms with Crippen LogP contribution in [0.4, 0.5) is 22.7 Å². The summed E-state index contributed by atoms with van der Waals surface area (Å²) in [6.45, 7) is 41.3. The molecule has 0 N–H and O–H groups in total. The van der Waals surface area contributed by atoms with Crippen LogP contribution in [0.5, 0.6) is 0 Å². The van der Waals surface area contributed by atoms with E-state index in [1.165, 1.54) is 107 Å². The maximum atomic E-state index is 7.76. The summed E-state index contributed by atoms with van der Waals surface area (Å²) in [5.41, 5.74) is 24.7. The Bertz CT molecular complexity index is 3300. The van der Waals surface area contributed by atoms with Crippen molar-refractivity contribution < 1.29 is 4.42 Å². The zero-order valence-corrected chi connectivity index (χ0v) is 46.3. The predicted molar refractivity (Wildman–Crippen MR) is 306 cm³/mol. The van der Waals surface area contributed by atoms with Crippen LogP contribution in [0.25, 0.3) is 33.2 Å². The molecule has 11 rings (SSSR count). The molecule has 0 saturated carbocycles. The molecule has 3 nitrogen and oxygen atoms in total. The van der Waals surface area contributed by atoms with E-state index in [1.54, 1.807) is 0 Å². The Morgan fingerprint density at radius 3 is 1.63 bits per heavy atom. The Balaban J connectivity index is 1.27. The summed E-state index contributed by atoms with van der Waals surface area (Å²) in [7, 11) is 0. The molecule has 3 heterocycles. The minimum Gasteiger partial charge on any atom is -0.466 e. The van der Waals surface area contributed by atoms with Crippen molar-refractivity contribution in [3.8, 4) is 22.3 Å². The maximum absolute atomic E-state index is 7.76. The molecule has 4 heteroatoms. The van der Waals surface area contributed by atoms with Gasteiger partial charge in [-0.25, -0.2) is 0 Å². The highest BCUT2D eigenvalue weighted by Gasteiger charge is 2.50. The third-order valence-corrected chi connectivity index (χ3v) is 17.9. The van der Waals surface area contributed by atoms with Crippen LogP contribution in [0.3, 0.4) is 0 Å². The van der Waals surface area contributed by atoms with Gasteiger partial charge in [-0.1, -0.05) is 184 Å². The van der Waals surface area contributed by atoms with E-state index in [-0.39, 0.29) is 44.8 Å². The highest BCUT2D eigenvalue weighted by Crippen LogP contribution is 2.54. The largest absolute Gasteiger partial charge is 0.466 e. The summed E-state index contributed by atoms with van der Waals surface area (Å²) in [5, 5.41) is 1.22. The molecule has 2 aliphatic carbocycles. The molecule has 366 valence electrons. The number of nitrogens with zero attached hydrogens (tertiary/aromatic N) is 2. The Kier molecular flexibility index (Phi) is 10.5. The van der Waals surface area contributed by atoms with E-state index in [9.17, 15) is 0 Å². The molecule has 0 spiro atoms. The smallest absolute Gasteiger partial charge is 0.375 e. The first-order valence-corrected chi connectivity index (χ1v) is 26.9. The second-order valence-electron chi connectivity index (χ2n) is 28.0. The van der Waals surface area contributed by atoms with Gasteiger partial charge in [0.15, 0.2) is 0 Å². The van der Waals surface area contributed by atoms with Crippen molar-refractivity contribution in [1.29, 1.82) is 0 Å². The van der Waals surface area contributed by atoms with Crippen LogP contribution in [0, 0.1) is 0 Å². The number of hydrogen-bond donors (Lipinski definition) is 0. The van der Waals surface area contributed by atoms with Gasteiger partial charge in [0, 0.05) is 34.6 Å². The van der Waals surface area contributed by atoms with Gasteiger partial charge in [-0.3, -0.25) is 0 Å². The quantitative estimate of drug-likeness (QED) is 0.164. The zero-order valence-electron chi connectivity index (χ0n) is 46.3. The van der Waals surface area contributed by atoms with E-state index in [2.05, 4.69) is 237 Å². The van der Waals surface area contributed by atoms with Crippen LogP contribution < -0.4 is 20.8 Å². The predicted octanol–water partition coefficient (Wildman–Crippen LogP) is 17.3. The number of fused-ring (bicyclic) bond motifs is 8. The molecule has 2 aliphatic heterocycles. The Labute approximate surface area is 427 Å². The molecule has 0 fully saturated rings. The summed E-state index contributed by atoms with van der Waals surface area (Å²) in [5.74, 6) is 0. The van der Waals surface area contributed by atoms with Crippen molar-refractivity contribution in [2.45, 2.75) is 188 Å². The number of rotatable bonds is 4. The first kappa shape index (κ1) is 47.8. The van der Waals surface area contributed by atoms with Gasteiger partial charge in [0.2, 0.25) is 0 Å². The number of benzene rings is 6. The van der Waals surface area contributed by atoms with E-state index >= 15 is 0 Å². The van der Waals surface area contributed by atoms with Crippen LogP contribution in [-0.2, 0) is 44.4 Å². The van der Waals surface area contributed by atoms with Crippen LogP contribution in [0.15, 0.2) is 114 Å². The van der Waals surface area contributed by atoms with Crippen LogP contribution >= 0.6 is 0 Å². The summed E-state index contributed by atoms with van der Waals surface area (Å²) in [4.78, 5) is 5.40. The molecule has 71 heavy (non-hydrogen) atoms. The molecule has 6 aromatic carbocycles. The Morgan fingerprint density at radius 2 is 1.03 bits per heavy atom. The fourth-order valence-corrected chi connectivity index (χ4v) is 12.9. The number of furan rings is 1. The zero-order chi connectivity index (χ0) is 50.7. The van der Waals surface area contributed by atoms with Crippen LogP contribution in [0.1, 0.15) is 188 Å². The highest BCUT2D eigenvalue weighted by molar-refractivity contribution is 6.93. The Hall–Kier alpha value is -5.48. The summed E-state index contributed by atoms with van der Waals surface area (Å²) >= 11 is 0. The number of hydrogen-bond acceptors (Lipinski definition) is 3. The average Bonchev–Trinajstić information content (AvgIpc) is 3.68. The third kappa shape index (κ3) is 7.66. The van der Waals surface area contributed by atoms with Crippen molar-refractivity contribution in [2.75, 3.05) is 9.71 Å². The lowest BCUT2D eigenvalue weighted by Crippen LogP contribution is -2.61. The van der Waals surface area contributed by atoms with Gasteiger partial charge < -0.3 is 14.1 Å². The first-order chi connectivity index (χ1) is 33.0. The van der Waals surface area contributed by atoms with Crippen molar-refractivity contribution >= 4 is 51.7 Å². The molecule has 0 saturated heterocycles. The van der Waals surface area contributed by atoms with E-state index in [0.717, 1.165) is 30.5 Å². The van der Waals surface area contributed by atoms with Gasteiger partial charge in [-0.2, -0.15) is 0 Å². The van der Waals surface area contributed by atoms with E-state index < -0.39 is 0 Å². The summed E-state index contributed by atoms with van der Waals surface area (Å²) in [6, 6.07) is 43.4. The monoisotopic (exact) mass is 939 g/mol. The molecular weight excluding hydrogens is 860 g/mol. The minimum atomic E-state index is -0.215. The molecule has 1 aromatic heterocycles. The van der Waals surface area contributed by atoms with Crippen molar-refractivity contribution in [3.63, 3.8) is 0 Å². The summed E-state index contributed by atoms with van der Waals surface area (Å²) < 4.78 is 7.76. The van der Waals surface area contributed by atoms with E-state index in [1.807, 2.05) is 0 Å². The first-order valence-electron chi connectivity index (χ1n) is 26.9. The molecule has 7 aromatic rings. The molecule has 0 atom stereocenters. The van der Waals surface area contributed by atoms with Crippen LogP contribution in [0.2, 0.25) is 0 Å². The normalized spacial score (nSPS) is 18.4. The van der Waals surface area contributed by atoms with Crippen molar-refractivity contribution in [3.05, 3.63) is 154 Å². The van der Waals surface area contributed by atoms with Crippen molar-refractivity contribution in [2.24, 2.45) is 0 Å². The molecule has 0 unspecified atom stereocenters. The molecular formula is C67H79BN2O. The summed E-state index contributed by atoms with van der Waals surface area (Å²) in [6.07, 6.45) is 4.65. The fraction of sp³-hybridized carbons (Fsp3) is 0.433. The second kappa shape index (κ2) is 15.5. The topological polar surface area (TPSA) is 19.6 Å². The van der Waals surface area contributed by atoms with E-state index in [4.69, 9.17) is 4.42 Å².